The van der Waals surface area contributed by atoms with Crippen molar-refractivity contribution in [3.8, 4) is 0 Å². The van der Waals surface area contributed by atoms with E-state index in [1.54, 1.807) is 0 Å². The van der Waals surface area contributed by atoms with Gasteiger partial charge in [-0.1, -0.05) is 37.6 Å². The van der Waals surface area contributed by atoms with E-state index in [0.29, 0.717) is 6.04 Å². The van der Waals surface area contributed by atoms with Crippen LogP contribution >= 0.6 is 11.6 Å². The van der Waals surface area contributed by atoms with E-state index in [2.05, 4.69) is 30.1 Å². The molecule has 1 atom stereocenters. The van der Waals surface area contributed by atoms with Gasteiger partial charge in [-0.2, -0.15) is 0 Å². The lowest BCUT2D eigenvalue weighted by Gasteiger charge is -2.25. The lowest BCUT2D eigenvalue weighted by Crippen LogP contribution is -2.26. The van der Waals surface area contributed by atoms with Gasteiger partial charge >= 0.3 is 0 Å². The highest BCUT2D eigenvalue weighted by atomic mass is 35.5. The van der Waals surface area contributed by atoms with Crippen LogP contribution in [0.4, 0.5) is 5.69 Å². The van der Waals surface area contributed by atoms with Gasteiger partial charge in [0.25, 0.3) is 0 Å². The van der Waals surface area contributed by atoms with Crippen LogP contribution < -0.4 is 10.2 Å². The SMILES string of the molecule is CC(O)CCN(C)c1c(Cl)cccc1CNC(C)C. The molecular formula is C15H25ClN2O. The monoisotopic (exact) mass is 284 g/mol. The second-order valence-electron chi connectivity index (χ2n) is 5.34. The Balaban J connectivity index is 2.84. The maximum Gasteiger partial charge on any atom is 0.0642 e. The summed E-state index contributed by atoms with van der Waals surface area (Å²) in [5, 5.41) is 13.6. The Morgan fingerprint density at radius 1 is 1.32 bits per heavy atom. The quantitative estimate of drug-likeness (QED) is 0.808. The fourth-order valence-corrected chi connectivity index (χ4v) is 2.27. The number of aliphatic hydroxyl groups excluding tert-OH is 1. The van der Waals surface area contributed by atoms with Crippen molar-refractivity contribution in [1.82, 2.24) is 5.32 Å². The number of rotatable bonds is 7. The molecule has 3 nitrogen and oxygen atoms in total. The van der Waals surface area contributed by atoms with E-state index in [9.17, 15) is 5.11 Å². The van der Waals surface area contributed by atoms with Gasteiger partial charge in [0.1, 0.15) is 0 Å². The maximum absolute atomic E-state index is 9.39. The van der Waals surface area contributed by atoms with Crippen LogP contribution in [-0.2, 0) is 6.54 Å². The third-order valence-corrected chi connectivity index (χ3v) is 3.34. The highest BCUT2D eigenvalue weighted by Crippen LogP contribution is 2.29. The summed E-state index contributed by atoms with van der Waals surface area (Å²) in [6, 6.07) is 6.42. The highest BCUT2D eigenvalue weighted by Gasteiger charge is 2.12. The van der Waals surface area contributed by atoms with Crippen LogP contribution in [0, 0.1) is 0 Å². The van der Waals surface area contributed by atoms with Gasteiger partial charge in [0.05, 0.1) is 16.8 Å². The molecule has 0 amide bonds. The Hall–Kier alpha value is -0.770. The molecular weight excluding hydrogens is 260 g/mol. The second kappa shape index (κ2) is 7.73. The summed E-state index contributed by atoms with van der Waals surface area (Å²) < 4.78 is 0. The minimum atomic E-state index is -0.290. The van der Waals surface area contributed by atoms with Gasteiger partial charge in [0, 0.05) is 26.2 Å². The first kappa shape index (κ1) is 16.3. The second-order valence-corrected chi connectivity index (χ2v) is 5.75. The Bertz CT molecular complexity index is 394. The third-order valence-electron chi connectivity index (χ3n) is 3.04. The molecule has 19 heavy (non-hydrogen) atoms. The Morgan fingerprint density at radius 2 is 2.00 bits per heavy atom. The van der Waals surface area contributed by atoms with Crippen LogP contribution in [0.3, 0.4) is 0 Å². The smallest absolute Gasteiger partial charge is 0.0642 e. The molecule has 1 rings (SSSR count). The Labute approximate surface area is 121 Å². The minimum Gasteiger partial charge on any atom is -0.393 e. The van der Waals surface area contributed by atoms with Crippen molar-refractivity contribution in [3.05, 3.63) is 28.8 Å². The topological polar surface area (TPSA) is 35.5 Å². The van der Waals surface area contributed by atoms with E-state index in [1.165, 1.54) is 5.56 Å². The molecule has 1 unspecified atom stereocenters. The molecule has 0 spiro atoms. The van der Waals surface area contributed by atoms with Crippen LogP contribution in [0.5, 0.6) is 0 Å². The van der Waals surface area contributed by atoms with Crippen LogP contribution in [0.1, 0.15) is 32.8 Å². The van der Waals surface area contributed by atoms with Crippen LogP contribution in [0.15, 0.2) is 18.2 Å². The summed E-state index contributed by atoms with van der Waals surface area (Å²) in [4.78, 5) is 2.12. The molecule has 0 aliphatic carbocycles. The number of para-hydroxylation sites is 1. The number of anilines is 1. The summed E-state index contributed by atoms with van der Waals surface area (Å²) in [7, 11) is 2.02. The molecule has 0 fully saturated rings. The third kappa shape index (κ3) is 5.39. The molecule has 0 aromatic heterocycles. The number of hydrogen-bond donors (Lipinski definition) is 2. The maximum atomic E-state index is 9.39. The molecule has 0 saturated carbocycles. The van der Waals surface area contributed by atoms with Gasteiger partial charge < -0.3 is 15.3 Å². The zero-order chi connectivity index (χ0) is 14.4. The molecule has 4 heteroatoms. The molecule has 0 bridgehead atoms. The van der Waals surface area contributed by atoms with E-state index in [0.717, 1.165) is 30.2 Å². The number of aliphatic hydroxyl groups is 1. The number of halogens is 1. The largest absolute Gasteiger partial charge is 0.393 e. The average molecular weight is 285 g/mol. The normalized spacial score (nSPS) is 12.8. The predicted molar refractivity (Wildman–Crippen MR) is 83.0 cm³/mol. The van der Waals surface area contributed by atoms with Crippen molar-refractivity contribution < 1.29 is 5.11 Å². The van der Waals surface area contributed by atoms with Gasteiger partial charge in [-0.05, 0) is 25.0 Å². The first-order valence-electron chi connectivity index (χ1n) is 6.81. The first-order chi connectivity index (χ1) is 8.91. The van der Waals surface area contributed by atoms with Gasteiger partial charge in [-0.3, -0.25) is 0 Å². The van der Waals surface area contributed by atoms with Crippen molar-refractivity contribution in [2.24, 2.45) is 0 Å². The van der Waals surface area contributed by atoms with Crippen molar-refractivity contribution >= 4 is 17.3 Å². The van der Waals surface area contributed by atoms with Crippen LogP contribution in [0.2, 0.25) is 5.02 Å². The molecule has 2 N–H and O–H groups in total. The standard InChI is InChI=1S/C15H25ClN2O/c1-11(2)17-10-13-6-5-7-14(16)15(13)18(4)9-8-12(3)19/h5-7,11-12,17,19H,8-10H2,1-4H3. The summed E-state index contributed by atoms with van der Waals surface area (Å²) >= 11 is 6.32. The van der Waals surface area contributed by atoms with E-state index in [4.69, 9.17) is 11.6 Å². The fraction of sp³-hybridized carbons (Fsp3) is 0.600. The van der Waals surface area contributed by atoms with Gasteiger partial charge in [0.2, 0.25) is 0 Å². The minimum absolute atomic E-state index is 0.290. The van der Waals surface area contributed by atoms with E-state index in [-0.39, 0.29) is 6.10 Å². The number of nitrogens with one attached hydrogen (secondary N) is 1. The lowest BCUT2D eigenvalue weighted by molar-refractivity contribution is 0.187. The average Bonchev–Trinajstić information content (AvgIpc) is 2.33. The van der Waals surface area contributed by atoms with Crippen LogP contribution in [0.25, 0.3) is 0 Å². The molecule has 0 heterocycles. The molecule has 108 valence electrons. The molecule has 0 aliphatic rings. The van der Waals surface area contributed by atoms with Crippen molar-refractivity contribution in [2.75, 3.05) is 18.5 Å². The highest BCUT2D eigenvalue weighted by molar-refractivity contribution is 6.33. The predicted octanol–water partition coefficient (Wildman–Crippen LogP) is 3.05. The first-order valence-corrected chi connectivity index (χ1v) is 7.19. The van der Waals surface area contributed by atoms with Gasteiger partial charge in [-0.15, -0.1) is 0 Å². The van der Waals surface area contributed by atoms with E-state index >= 15 is 0 Å². The zero-order valence-corrected chi connectivity index (χ0v) is 13.0. The summed E-state index contributed by atoms with van der Waals surface area (Å²) in [6.07, 6.45) is 0.445. The number of hydrogen-bond acceptors (Lipinski definition) is 3. The van der Waals surface area contributed by atoms with Gasteiger partial charge in [0.15, 0.2) is 0 Å². The lowest BCUT2D eigenvalue weighted by atomic mass is 10.1. The Kier molecular flexibility index (Phi) is 6.63. The molecule has 0 aliphatic heterocycles. The fourth-order valence-electron chi connectivity index (χ4n) is 1.94. The zero-order valence-electron chi connectivity index (χ0n) is 12.3. The van der Waals surface area contributed by atoms with E-state index in [1.807, 2.05) is 26.1 Å². The molecule has 0 saturated heterocycles. The van der Waals surface area contributed by atoms with Crippen LogP contribution in [-0.4, -0.2) is 30.8 Å². The molecule has 1 aromatic carbocycles. The summed E-state index contributed by atoms with van der Waals surface area (Å²) in [5.41, 5.74) is 2.24. The van der Waals surface area contributed by atoms with Gasteiger partial charge in [-0.25, -0.2) is 0 Å². The summed E-state index contributed by atoms with van der Waals surface area (Å²) in [5.74, 6) is 0. The molecule has 1 aromatic rings. The summed E-state index contributed by atoms with van der Waals surface area (Å²) in [6.45, 7) is 7.65. The Morgan fingerprint density at radius 3 is 2.58 bits per heavy atom. The van der Waals surface area contributed by atoms with Crippen molar-refractivity contribution in [1.29, 1.82) is 0 Å². The van der Waals surface area contributed by atoms with E-state index < -0.39 is 0 Å². The van der Waals surface area contributed by atoms with Crippen molar-refractivity contribution in [2.45, 2.75) is 45.9 Å². The van der Waals surface area contributed by atoms with Crippen molar-refractivity contribution in [3.63, 3.8) is 0 Å². The molecule has 0 radical (unpaired) electrons. The number of nitrogens with zero attached hydrogens (tertiary/aromatic N) is 1. The number of benzene rings is 1.